The molecule has 6 heteroatoms. The second kappa shape index (κ2) is 12.1. The van der Waals surface area contributed by atoms with Crippen LogP contribution in [0.5, 0.6) is 11.5 Å². The Labute approximate surface area is 217 Å². The molecule has 0 saturated carbocycles. The number of Topliss-reactive ketones (excluding diaryl/α,β-unsaturated/α-hetero) is 1. The molecule has 37 heavy (non-hydrogen) atoms. The fourth-order valence-corrected chi connectivity index (χ4v) is 4.36. The molecular weight excluding hydrogens is 466 g/mol. The van der Waals surface area contributed by atoms with Crippen LogP contribution in [0, 0.1) is 0 Å². The van der Waals surface area contributed by atoms with Gasteiger partial charge in [-0.3, -0.25) is 9.59 Å². The quantitative estimate of drug-likeness (QED) is 0.159. The van der Waals surface area contributed by atoms with Gasteiger partial charge in [-0.15, -0.1) is 0 Å². The van der Waals surface area contributed by atoms with Gasteiger partial charge in [0.2, 0.25) is 0 Å². The minimum absolute atomic E-state index is 0.0606. The van der Waals surface area contributed by atoms with Crippen molar-refractivity contribution in [2.75, 3.05) is 19.8 Å². The summed E-state index contributed by atoms with van der Waals surface area (Å²) in [4.78, 5) is 28.1. The zero-order valence-corrected chi connectivity index (χ0v) is 20.9. The summed E-state index contributed by atoms with van der Waals surface area (Å²) >= 11 is 0. The highest BCUT2D eigenvalue weighted by Gasteiger charge is 2.45. The maximum atomic E-state index is 13.3. The molecule has 1 aliphatic rings. The lowest BCUT2D eigenvalue weighted by Gasteiger charge is -2.25. The van der Waals surface area contributed by atoms with Gasteiger partial charge in [0.15, 0.2) is 0 Å². The molecule has 0 spiro atoms. The van der Waals surface area contributed by atoms with Gasteiger partial charge in [-0.2, -0.15) is 0 Å². The van der Waals surface area contributed by atoms with Gasteiger partial charge in [0.25, 0.3) is 11.7 Å². The summed E-state index contributed by atoms with van der Waals surface area (Å²) in [7, 11) is 0. The molecular formula is C31H31NO5. The van der Waals surface area contributed by atoms with E-state index in [1.807, 2.05) is 49.4 Å². The van der Waals surface area contributed by atoms with E-state index >= 15 is 0 Å². The van der Waals surface area contributed by atoms with Crippen molar-refractivity contribution in [3.8, 4) is 11.5 Å². The van der Waals surface area contributed by atoms with Crippen LogP contribution < -0.4 is 9.47 Å². The summed E-state index contributed by atoms with van der Waals surface area (Å²) in [5.41, 5.74) is 2.24. The van der Waals surface area contributed by atoms with E-state index in [1.54, 1.807) is 42.5 Å². The van der Waals surface area contributed by atoms with E-state index in [2.05, 4.69) is 6.58 Å². The third kappa shape index (κ3) is 5.92. The van der Waals surface area contributed by atoms with Gasteiger partial charge >= 0.3 is 0 Å². The zero-order chi connectivity index (χ0) is 26.2. The molecule has 1 amide bonds. The van der Waals surface area contributed by atoms with Gasteiger partial charge < -0.3 is 19.5 Å². The van der Waals surface area contributed by atoms with Crippen LogP contribution >= 0.6 is 0 Å². The van der Waals surface area contributed by atoms with Crippen molar-refractivity contribution in [2.45, 2.75) is 25.8 Å². The number of nitrogens with zero attached hydrogens (tertiary/aromatic N) is 1. The first-order chi connectivity index (χ1) is 18.0. The molecule has 1 unspecified atom stereocenters. The molecule has 1 N–H and O–H groups in total. The predicted octanol–water partition coefficient (Wildman–Crippen LogP) is 5.70. The van der Waals surface area contributed by atoms with Gasteiger partial charge in [-0.25, -0.2) is 0 Å². The number of ketones is 1. The molecule has 3 aromatic rings. The molecule has 1 atom stereocenters. The standard InChI is InChI=1S/C31H31NO5/c1-3-19-36-25-15-13-23(14-16-25)28-27(29(33)24-11-8-12-26(21-24)37-20-4-2)30(34)31(35)32(28)18-17-22-9-6-5-7-10-22/h3,5-16,21,28,33H,1,4,17-20H2,2H3/b29-27+. The second-order valence-corrected chi connectivity index (χ2v) is 8.77. The van der Waals surface area contributed by atoms with Crippen LogP contribution in [-0.2, 0) is 16.0 Å². The summed E-state index contributed by atoms with van der Waals surface area (Å²) in [6, 6.07) is 23.2. The van der Waals surface area contributed by atoms with Crippen LogP contribution in [0.25, 0.3) is 5.76 Å². The summed E-state index contributed by atoms with van der Waals surface area (Å²) in [6.07, 6.45) is 3.07. The number of benzene rings is 3. The van der Waals surface area contributed by atoms with Crippen LogP contribution in [0.15, 0.2) is 97.1 Å². The number of carbonyl (C=O) groups excluding carboxylic acids is 2. The fraction of sp³-hybridized carbons (Fsp3) is 0.226. The van der Waals surface area contributed by atoms with Crippen LogP contribution in [0.2, 0.25) is 0 Å². The number of aliphatic hydroxyl groups is 1. The van der Waals surface area contributed by atoms with E-state index in [0.29, 0.717) is 48.8 Å². The number of amides is 1. The summed E-state index contributed by atoms with van der Waals surface area (Å²) < 4.78 is 11.3. The monoisotopic (exact) mass is 497 g/mol. The Bertz CT molecular complexity index is 1280. The molecule has 1 aliphatic heterocycles. The van der Waals surface area contributed by atoms with Gasteiger partial charge in [-0.05, 0) is 48.2 Å². The molecule has 0 bridgehead atoms. The summed E-state index contributed by atoms with van der Waals surface area (Å²) in [5.74, 6) is -0.329. The molecule has 1 fully saturated rings. The molecule has 3 aromatic carbocycles. The van der Waals surface area contributed by atoms with Crippen LogP contribution in [0.3, 0.4) is 0 Å². The highest BCUT2D eigenvalue weighted by atomic mass is 16.5. The molecule has 6 nitrogen and oxygen atoms in total. The lowest BCUT2D eigenvalue weighted by atomic mass is 9.95. The van der Waals surface area contributed by atoms with Gasteiger partial charge in [0.05, 0.1) is 18.2 Å². The molecule has 0 aliphatic carbocycles. The third-order valence-electron chi connectivity index (χ3n) is 6.17. The first kappa shape index (κ1) is 25.8. The highest BCUT2D eigenvalue weighted by molar-refractivity contribution is 6.46. The minimum atomic E-state index is -0.739. The maximum Gasteiger partial charge on any atom is 0.295 e. The van der Waals surface area contributed by atoms with E-state index in [9.17, 15) is 14.7 Å². The van der Waals surface area contributed by atoms with E-state index in [0.717, 1.165) is 12.0 Å². The van der Waals surface area contributed by atoms with Gasteiger partial charge in [0, 0.05) is 12.1 Å². The minimum Gasteiger partial charge on any atom is -0.507 e. The van der Waals surface area contributed by atoms with Crippen molar-refractivity contribution in [2.24, 2.45) is 0 Å². The SMILES string of the molecule is C=CCOc1ccc(C2/C(=C(\O)c3cccc(OCCC)c3)C(=O)C(=O)N2CCc2ccccc2)cc1. The van der Waals surface area contributed by atoms with Crippen molar-refractivity contribution in [1.82, 2.24) is 4.90 Å². The number of carbonyl (C=O) groups is 2. The first-order valence-electron chi connectivity index (χ1n) is 12.4. The zero-order valence-electron chi connectivity index (χ0n) is 20.9. The first-order valence-corrected chi connectivity index (χ1v) is 12.4. The summed E-state index contributed by atoms with van der Waals surface area (Å²) in [6.45, 7) is 6.89. The number of aliphatic hydroxyl groups excluding tert-OH is 1. The second-order valence-electron chi connectivity index (χ2n) is 8.77. The fourth-order valence-electron chi connectivity index (χ4n) is 4.36. The maximum absolute atomic E-state index is 13.3. The number of likely N-dealkylation sites (tertiary alicyclic amines) is 1. The number of hydrogen-bond acceptors (Lipinski definition) is 5. The third-order valence-corrected chi connectivity index (χ3v) is 6.17. The molecule has 190 valence electrons. The number of rotatable bonds is 11. The van der Waals surface area contributed by atoms with Crippen molar-refractivity contribution in [3.05, 3.63) is 114 Å². The van der Waals surface area contributed by atoms with Crippen LogP contribution in [0.4, 0.5) is 0 Å². The molecule has 1 saturated heterocycles. The van der Waals surface area contributed by atoms with E-state index in [-0.39, 0.29) is 11.3 Å². The Hall–Kier alpha value is -4.32. The smallest absolute Gasteiger partial charge is 0.295 e. The highest BCUT2D eigenvalue weighted by Crippen LogP contribution is 2.40. The van der Waals surface area contributed by atoms with Crippen LogP contribution in [0.1, 0.15) is 36.1 Å². The Morgan fingerprint density at radius 2 is 1.73 bits per heavy atom. The Balaban J connectivity index is 1.74. The van der Waals surface area contributed by atoms with Gasteiger partial charge in [0.1, 0.15) is 23.9 Å². The molecule has 4 rings (SSSR count). The molecule has 0 aromatic heterocycles. The van der Waals surface area contributed by atoms with E-state index in [4.69, 9.17) is 9.47 Å². The largest absolute Gasteiger partial charge is 0.507 e. The Morgan fingerprint density at radius 1 is 0.973 bits per heavy atom. The van der Waals surface area contributed by atoms with Crippen molar-refractivity contribution >= 4 is 17.4 Å². The van der Waals surface area contributed by atoms with Crippen molar-refractivity contribution in [3.63, 3.8) is 0 Å². The normalized spacial score (nSPS) is 16.6. The van der Waals surface area contributed by atoms with E-state index < -0.39 is 17.7 Å². The predicted molar refractivity (Wildman–Crippen MR) is 144 cm³/mol. The van der Waals surface area contributed by atoms with Crippen molar-refractivity contribution in [1.29, 1.82) is 0 Å². The number of hydrogen-bond donors (Lipinski definition) is 1. The average Bonchev–Trinajstić information content (AvgIpc) is 3.19. The molecule has 1 heterocycles. The Kier molecular flexibility index (Phi) is 8.41. The topological polar surface area (TPSA) is 76.1 Å². The molecule has 0 radical (unpaired) electrons. The lowest BCUT2D eigenvalue weighted by molar-refractivity contribution is -0.139. The average molecular weight is 498 g/mol. The number of ether oxygens (including phenoxy) is 2. The van der Waals surface area contributed by atoms with E-state index in [1.165, 1.54) is 4.90 Å². The van der Waals surface area contributed by atoms with Crippen LogP contribution in [-0.4, -0.2) is 41.5 Å². The summed E-state index contributed by atoms with van der Waals surface area (Å²) in [5, 5.41) is 11.4. The van der Waals surface area contributed by atoms with Gasteiger partial charge in [-0.1, -0.05) is 74.2 Å². The Morgan fingerprint density at radius 3 is 2.43 bits per heavy atom. The lowest BCUT2D eigenvalue weighted by Crippen LogP contribution is -2.31. The van der Waals surface area contributed by atoms with Crippen molar-refractivity contribution < 1.29 is 24.2 Å².